The highest BCUT2D eigenvalue weighted by molar-refractivity contribution is 7.66. The van der Waals surface area contributed by atoms with E-state index in [1.807, 2.05) is 0 Å². The molecule has 0 saturated carbocycles. The molecule has 0 saturated heterocycles. The van der Waals surface area contributed by atoms with E-state index in [2.05, 4.69) is 0 Å². The van der Waals surface area contributed by atoms with Crippen LogP contribution >= 0.6 is 0 Å². The lowest BCUT2D eigenvalue weighted by atomic mass is 10.0. The lowest BCUT2D eigenvalue weighted by Gasteiger charge is -2.03. The first-order valence-corrected chi connectivity index (χ1v) is 8.70. The Balaban J connectivity index is 3.62. The van der Waals surface area contributed by atoms with Gasteiger partial charge in [0.1, 0.15) is 0 Å². The molecular formula is C14H22O6S2. The molecule has 0 aromatic heterocycles. The van der Waals surface area contributed by atoms with Gasteiger partial charge in [0.05, 0.1) is 35.4 Å². The van der Waals surface area contributed by atoms with Crippen molar-refractivity contribution in [3.8, 4) is 0 Å². The summed E-state index contributed by atoms with van der Waals surface area (Å²) in [6.45, 7) is 0. The second-order valence-electron chi connectivity index (χ2n) is 5.01. The van der Waals surface area contributed by atoms with Crippen molar-refractivity contribution >= 4 is 44.2 Å². The van der Waals surface area contributed by atoms with Crippen LogP contribution in [0.3, 0.4) is 0 Å². The summed E-state index contributed by atoms with van der Waals surface area (Å²) >= 11 is 0.568. The molecule has 0 atom stereocenters. The Morgan fingerprint density at radius 2 is 0.955 bits per heavy atom. The smallest absolute Gasteiger partial charge is 0.308 e. The van der Waals surface area contributed by atoms with Gasteiger partial charge in [-0.25, -0.2) is 8.42 Å². The van der Waals surface area contributed by atoms with Crippen molar-refractivity contribution in [2.75, 3.05) is 0 Å². The molecule has 0 radical (unpaired) electrons. The predicted molar refractivity (Wildman–Crippen MR) is 87.7 cm³/mol. The molecule has 0 aliphatic heterocycles. The molecule has 0 fully saturated rings. The van der Waals surface area contributed by atoms with Gasteiger partial charge in [-0.15, -0.1) is 0 Å². The standard InChI is InChI=1S/C14H22O6S2/c15-13(16)9-11(21-19)7-5-3-1-2-4-6-8-12(22-20)10-14(17)18/h1-10H2,(H,15,16)(H,17,18). The lowest BCUT2D eigenvalue weighted by molar-refractivity contribution is -0.136. The first kappa shape index (κ1) is 20.7. The van der Waals surface area contributed by atoms with E-state index in [4.69, 9.17) is 10.2 Å². The van der Waals surface area contributed by atoms with Crippen molar-refractivity contribution in [2.45, 2.75) is 64.2 Å². The minimum Gasteiger partial charge on any atom is -0.481 e. The van der Waals surface area contributed by atoms with Gasteiger partial charge in [-0.05, 0) is 25.7 Å². The quantitative estimate of drug-likeness (QED) is 0.387. The zero-order chi connectivity index (χ0) is 16.8. The summed E-state index contributed by atoms with van der Waals surface area (Å²) in [5.41, 5.74) is 0. The number of unbranched alkanes of at least 4 members (excludes halogenated alkanes) is 5. The molecule has 8 heteroatoms. The first-order chi connectivity index (χ1) is 10.5. The zero-order valence-corrected chi connectivity index (χ0v) is 14.0. The third kappa shape index (κ3) is 12.5. The highest BCUT2D eigenvalue weighted by atomic mass is 32.1. The Labute approximate surface area is 137 Å². The maximum absolute atomic E-state index is 10.7. The molecule has 126 valence electrons. The van der Waals surface area contributed by atoms with Gasteiger partial charge in [-0.2, -0.15) is 0 Å². The molecule has 0 unspecified atom stereocenters. The Morgan fingerprint density at radius 3 is 1.23 bits per heavy atom. The van der Waals surface area contributed by atoms with E-state index >= 15 is 0 Å². The molecule has 0 amide bonds. The second-order valence-corrected chi connectivity index (χ2v) is 6.49. The molecule has 0 rings (SSSR count). The minimum absolute atomic E-state index is 0.163. The Bertz CT molecular complexity index is 432. The summed E-state index contributed by atoms with van der Waals surface area (Å²) in [6.07, 6.45) is 6.23. The van der Waals surface area contributed by atoms with Crippen LogP contribution in [-0.2, 0) is 32.1 Å². The molecule has 0 aromatic rings. The normalized spacial score (nSPS) is 10.0. The number of hydrogen-bond donors (Lipinski definition) is 2. The molecule has 0 bridgehead atoms. The Hall–Kier alpha value is -1.28. The number of aliphatic carboxylic acids is 2. The van der Waals surface area contributed by atoms with Gasteiger partial charge in [-0.3, -0.25) is 9.59 Å². The average Bonchev–Trinajstić information content (AvgIpc) is 2.46. The number of rotatable bonds is 13. The van der Waals surface area contributed by atoms with E-state index < -0.39 is 11.9 Å². The van der Waals surface area contributed by atoms with Crippen molar-refractivity contribution in [1.29, 1.82) is 0 Å². The average molecular weight is 350 g/mol. The van der Waals surface area contributed by atoms with Crippen molar-refractivity contribution < 1.29 is 28.2 Å². The van der Waals surface area contributed by atoms with Crippen molar-refractivity contribution in [1.82, 2.24) is 0 Å². The lowest BCUT2D eigenvalue weighted by Crippen LogP contribution is -2.06. The first-order valence-electron chi connectivity index (χ1n) is 7.22. The molecule has 6 nitrogen and oxygen atoms in total. The maximum Gasteiger partial charge on any atom is 0.308 e. The summed E-state index contributed by atoms with van der Waals surface area (Å²) in [6, 6.07) is 0. The van der Waals surface area contributed by atoms with Gasteiger partial charge in [0, 0.05) is 9.73 Å². The minimum atomic E-state index is -0.969. The monoisotopic (exact) mass is 350 g/mol. The van der Waals surface area contributed by atoms with Gasteiger partial charge in [0.25, 0.3) is 0 Å². The topological polar surface area (TPSA) is 109 Å². The van der Waals surface area contributed by atoms with Crippen LogP contribution in [0.1, 0.15) is 64.2 Å². The molecule has 22 heavy (non-hydrogen) atoms. The van der Waals surface area contributed by atoms with Crippen LogP contribution in [0.5, 0.6) is 0 Å². The van der Waals surface area contributed by atoms with Crippen LogP contribution in [0.2, 0.25) is 0 Å². The fourth-order valence-corrected chi connectivity index (χ4v) is 2.83. The summed E-state index contributed by atoms with van der Waals surface area (Å²) in [5, 5.41) is 17.2. The third-order valence-corrected chi connectivity index (χ3v) is 4.26. The van der Waals surface area contributed by atoms with Gasteiger partial charge < -0.3 is 10.2 Å². The molecule has 0 aliphatic carbocycles. The molecule has 0 spiro atoms. The molecular weight excluding hydrogens is 328 g/mol. The van der Waals surface area contributed by atoms with E-state index in [1.54, 1.807) is 0 Å². The molecule has 2 N–H and O–H groups in total. The highest BCUT2D eigenvalue weighted by Gasteiger charge is 2.06. The second kappa shape index (κ2) is 13.4. The number of carboxylic acid groups (broad SMARTS) is 2. The number of hydrogen-bond acceptors (Lipinski definition) is 4. The molecule has 0 aliphatic rings. The van der Waals surface area contributed by atoms with E-state index in [9.17, 15) is 18.0 Å². The van der Waals surface area contributed by atoms with Gasteiger partial charge >= 0.3 is 11.9 Å². The van der Waals surface area contributed by atoms with Crippen LogP contribution < -0.4 is 0 Å². The maximum atomic E-state index is 10.7. The van der Waals surface area contributed by atoms with Gasteiger partial charge in [0.15, 0.2) is 0 Å². The zero-order valence-electron chi connectivity index (χ0n) is 12.4. The van der Waals surface area contributed by atoms with Crippen molar-refractivity contribution in [3.63, 3.8) is 0 Å². The van der Waals surface area contributed by atoms with Gasteiger partial charge in [0.2, 0.25) is 0 Å². The Kier molecular flexibility index (Phi) is 12.6. The van der Waals surface area contributed by atoms with E-state index in [0.29, 0.717) is 22.6 Å². The molecule has 0 aromatic carbocycles. The van der Waals surface area contributed by atoms with E-state index in [0.717, 1.165) is 38.5 Å². The number of carbonyl (C=O) groups is 2. The fraction of sp³-hybridized carbons (Fsp3) is 0.714. The predicted octanol–water partition coefficient (Wildman–Crippen LogP) is 1.83. The van der Waals surface area contributed by atoms with Crippen LogP contribution in [0.15, 0.2) is 0 Å². The van der Waals surface area contributed by atoms with Crippen LogP contribution in [0.25, 0.3) is 0 Å². The third-order valence-electron chi connectivity index (χ3n) is 3.09. The van der Waals surface area contributed by atoms with Crippen LogP contribution in [-0.4, -0.2) is 40.3 Å². The number of carboxylic acids is 2. The summed E-state index contributed by atoms with van der Waals surface area (Å²) in [4.78, 5) is 21.9. The molecule has 0 heterocycles. The van der Waals surface area contributed by atoms with E-state index in [1.165, 1.54) is 0 Å². The SMILES string of the molecule is O=S=C(CCCCCCCCC(CC(=O)O)=S=O)CC(=O)O. The van der Waals surface area contributed by atoms with E-state index in [-0.39, 0.29) is 35.4 Å². The van der Waals surface area contributed by atoms with Crippen molar-refractivity contribution in [2.24, 2.45) is 0 Å². The van der Waals surface area contributed by atoms with Gasteiger partial charge in [-0.1, -0.05) is 25.7 Å². The van der Waals surface area contributed by atoms with Crippen molar-refractivity contribution in [3.05, 3.63) is 0 Å². The van der Waals surface area contributed by atoms with Crippen LogP contribution in [0.4, 0.5) is 0 Å². The Morgan fingerprint density at radius 1 is 0.636 bits per heavy atom. The summed E-state index contributed by atoms with van der Waals surface area (Å²) in [7, 11) is 0. The largest absolute Gasteiger partial charge is 0.481 e. The van der Waals surface area contributed by atoms with Crippen LogP contribution in [0, 0.1) is 0 Å². The summed E-state index contributed by atoms with van der Waals surface area (Å²) < 4.78 is 21.4. The summed E-state index contributed by atoms with van der Waals surface area (Å²) in [5.74, 6) is -1.94. The fourth-order valence-electron chi connectivity index (χ4n) is 2.01. The highest BCUT2D eigenvalue weighted by Crippen LogP contribution is 2.10.